The quantitative estimate of drug-likeness (QED) is 0.665. The number of aromatic nitrogens is 2. The molecular weight excluding hydrogens is 381 g/mol. The molecule has 0 radical (unpaired) electrons. The molecule has 1 aliphatic heterocycles. The van der Waals surface area contributed by atoms with Gasteiger partial charge in [0, 0.05) is 17.5 Å². The van der Waals surface area contributed by atoms with E-state index in [2.05, 4.69) is 11.2 Å². The molecule has 1 unspecified atom stereocenters. The summed E-state index contributed by atoms with van der Waals surface area (Å²) in [6, 6.07) is 10.1. The van der Waals surface area contributed by atoms with Gasteiger partial charge in [-0.05, 0) is 54.2 Å². The smallest absolute Gasteiger partial charge is 0.292 e. The fourth-order valence-corrected chi connectivity index (χ4v) is 3.68. The van der Waals surface area contributed by atoms with Crippen molar-refractivity contribution in [3.05, 3.63) is 58.2 Å². The SMILES string of the molecule is COc1cc2c(cc1OC)C[NH+](Cn1nc(-c3ccc(F)cc3)oc1=S)CC2. The van der Waals surface area contributed by atoms with E-state index in [-0.39, 0.29) is 5.82 Å². The molecule has 28 heavy (non-hydrogen) atoms. The predicted octanol–water partition coefficient (Wildman–Crippen LogP) is 2.63. The first-order valence-corrected chi connectivity index (χ1v) is 9.39. The van der Waals surface area contributed by atoms with Gasteiger partial charge in [0.15, 0.2) is 18.2 Å². The molecule has 0 fully saturated rings. The highest BCUT2D eigenvalue weighted by atomic mass is 32.1. The van der Waals surface area contributed by atoms with Gasteiger partial charge in [0.05, 0.1) is 20.8 Å². The lowest BCUT2D eigenvalue weighted by Gasteiger charge is -2.26. The van der Waals surface area contributed by atoms with Crippen LogP contribution in [0.15, 0.2) is 40.8 Å². The second kappa shape index (κ2) is 7.73. The lowest BCUT2D eigenvalue weighted by molar-refractivity contribution is -0.939. The van der Waals surface area contributed by atoms with Gasteiger partial charge in [0.2, 0.25) is 5.89 Å². The number of nitrogens with one attached hydrogen (secondary N) is 1. The molecule has 0 amide bonds. The Hall–Kier alpha value is -2.71. The van der Waals surface area contributed by atoms with Gasteiger partial charge < -0.3 is 18.8 Å². The number of benzene rings is 2. The van der Waals surface area contributed by atoms with E-state index in [0.29, 0.717) is 23.0 Å². The van der Waals surface area contributed by atoms with Gasteiger partial charge in [-0.1, -0.05) is 0 Å². The molecule has 2 aromatic carbocycles. The van der Waals surface area contributed by atoms with Crippen LogP contribution in [-0.4, -0.2) is 30.5 Å². The van der Waals surface area contributed by atoms with Crippen LogP contribution in [0.2, 0.25) is 0 Å². The number of hydrogen-bond acceptors (Lipinski definition) is 5. The molecule has 8 heteroatoms. The number of ether oxygens (including phenoxy) is 2. The maximum Gasteiger partial charge on any atom is 0.292 e. The normalized spacial score (nSPS) is 15.9. The molecule has 4 rings (SSSR count). The molecule has 1 atom stereocenters. The Bertz CT molecular complexity index is 1050. The van der Waals surface area contributed by atoms with Crippen molar-refractivity contribution in [2.75, 3.05) is 20.8 Å². The zero-order chi connectivity index (χ0) is 19.7. The average Bonchev–Trinajstić information content (AvgIpc) is 3.07. The molecular formula is C20H21FN3O3S+. The zero-order valence-corrected chi connectivity index (χ0v) is 16.5. The summed E-state index contributed by atoms with van der Waals surface area (Å²) in [7, 11) is 3.29. The van der Waals surface area contributed by atoms with E-state index in [4.69, 9.17) is 26.1 Å². The molecule has 1 aromatic heterocycles. The van der Waals surface area contributed by atoms with Crippen LogP contribution >= 0.6 is 12.2 Å². The van der Waals surface area contributed by atoms with Crippen molar-refractivity contribution in [3.63, 3.8) is 0 Å². The van der Waals surface area contributed by atoms with Crippen LogP contribution in [-0.2, 0) is 19.6 Å². The number of rotatable bonds is 5. The Morgan fingerprint density at radius 1 is 1.14 bits per heavy atom. The summed E-state index contributed by atoms with van der Waals surface area (Å²) in [5.74, 6) is 1.59. The van der Waals surface area contributed by atoms with Crippen LogP contribution < -0.4 is 14.4 Å². The van der Waals surface area contributed by atoms with Crippen molar-refractivity contribution in [3.8, 4) is 23.0 Å². The van der Waals surface area contributed by atoms with Crippen molar-refractivity contribution in [2.45, 2.75) is 19.6 Å². The second-order valence-electron chi connectivity index (χ2n) is 6.74. The van der Waals surface area contributed by atoms with Crippen LogP contribution in [0.4, 0.5) is 4.39 Å². The van der Waals surface area contributed by atoms with Crippen LogP contribution in [0.1, 0.15) is 11.1 Å². The number of nitrogens with zero attached hydrogens (tertiary/aromatic N) is 2. The van der Waals surface area contributed by atoms with Crippen LogP contribution in [0, 0.1) is 10.7 Å². The fraction of sp³-hybridized carbons (Fsp3) is 0.300. The van der Waals surface area contributed by atoms with Gasteiger partial charge in [0.1, 0.15) is 12.4 Å². The number of quaternary nitrogens is 1. The summed E-state index contributed by atoms with van der Waals surface area (Å²) in [6.07, 6.45) is 0.932. The third-order valence-electron chi connectivity index (χ3n) is 4.96. The summed E-state index contributed by atoms with van der Waals surface area (Å²) in [4.78, 5) is 1.62. The molecule has 0 spiro atoms. The Balaban J connectivity index is 1.53. The van der Waals surface area contributed by atoms with Gasteiger partial charge in [0.25, 0.3) is 4.84 Å². The summed E-state index contributed by atoms with van der Waals surface area (Å²) < 4.78 is 31.2. The minimum absolute atomic E-state index is 0.301. The van der Waals surface area contributed by atoms with E-state index < -0.39 is 0 Å². The fourth-order valence-electron chi connectivity index (χ4n) is 3.49. The lowest BCUT2D eigenvalue weighted by Crippen LogP contribution is -3.11. The molecule has 146 valence electrons. The first kappa shape index (κ1) is 18.6. The Labute approximate surface area is 167 Å². The van der Waals surface area contributed by atoms with E-state index in [9.17, 15) is 4.39 Å². The molecule has 6 nitrogen and oxygen atoms in total. The first-order valence-electron chi connectivity index (χ1n) is 8.98. The van der Waals surface area contributed by atoms with E-state index in [1.165, 1.54) is 28.2 Å². The van der Waals surface area contributed by atoms with Crippen LogP contribution in [0.25, 0.3) is 11.5 Å². The highest BCUT2D eigenvalue weighted by Gasteiger charge is 2.23. The molecule has 0 aliphatic carbocycles. The van der Waals surface area contributed by atoms with Gasteiger partial charge in [-0.2, -0.15) is 4.68 Å². The summed E-state index contributed by atoms with van der Waals surface area (Å²) >= 11 is 5.33. The Morgan fingerprint density at radius 3 is 2.50 bits per heavy atom. The third-order valence-corrected chi connectivity index (χ3v) is 5.26. The number of halogens is 1. The molecule has 1 N–H and O–H groups in total. The van der Waals surface area contributed by atoms with E-state index in [0.717, 1.165) is 31.0 Å². The zero-order valence-electron chi connectivity index (χ0n) is 15.7. The van der Waals surface area contributed by atoms with E-state index >= 15 is 0 Å². The molecule has 3 aromatic rings. The van der Waals surface area contributed by atoms with E-state index in [1.54, 1.807) is 31.0 Å². The van der Waals surface area contributed by atoms with Gasteiger partial charge in [-0.3, -0.25) is 0 Å². The molecule has 2 heterocycles. The number of hydrogen-bond donors (Lipinski definition) is 1. The molecule has 0 saturated carbocycles. The maximum atomic E-state index is 13.1. The third kappa shape index (κ3) is 3.65. The number of methoxy groups -OCH3 is 2. The van der Waals surface area contributed by atoms with Gasteiger partial charge in [-0.15, -0.1) is 5.10 Å². The van der Waals surface area contributed by atoms with Crippen molar-refractivity contribution in [2.24, 2.45) is 0 Å². The van der Waals surface area contributed by atoms with Gasteiger partial charge in [-0.25, -0.2) is 4.39 Å². The van der Waals surface area contributed by atoms with Crippen LogP contribution in [0.5, 0.6) is 11.5 Å². The molecule has 0 bridgehead atoms. The van der Waals surface area contributed by atoms with E-state index in [1.807, 2.05) is 6.07 Å². The maximum absolute atomic E-state index is 13.1. The standard InChI is InChI=1S/C20H20FN3O3S/c1-25-17-9-14-7-8-23(11-15(14)10-18(17)26-2)12-24-20(28)27-19(22-24)13-3-5-16(21)6-4-13/h3-6,9-10H,7-8,11-12H2,1-2H3/p+1. The summed E-state index contributed by atoms with van der Waals surface area (Å²) in [5.41, 5.74) is 3.20. The van der Waals surface area contributed by atoms with Crippen molar-refractivity contribution < 1.29 is 23.2 Å². The summed E-state index contributed by atoms with van der Waals surface area (Å²) in [5, 5.41) is 4.48. The Kier molecular flexibility index (Phi) is 5.15. The largest absolute Gasteiger partial charge is 0.493 e. The van der Waals surface area contributed by atoms with Crippen LogP contribution in [0.3, 0.4) is 0 Å². The monoisotopic (exact) mass is 402 g/mol. The minimum Gasteiger partial charge on any atom is -0.493 e. The Morgan fingerprint density at radius 2 is 1.82 bits per heavy atom. The minimum atomic E-state index is -0.301. The average molecular weight is 402 g/mol. The summed E-state index contributed by atoms with van der Waals surface area (Å²) in [6.45, 7) is 2.37. The highest BCUT2D eigenvalue weighted by molar-refractivity contribution is 7.71. The van der Waals surface area contributed by atoms with Gasteiger partial charge >= 0.3 is 0 Å². The van der Waals surface area contributed by atoms with Crippen molar-refractivity contribution in [1.29, 1.82) is 0 Å². The van der Waals surface area contributed by atoms with Crippen molar-refractivity contribution in [1.82, 2.24) is 9.78 Å². The highest BCUT2D eigenvalue weighted by Crippen LogP contribution is 2.31. The van der Waals surface area contributed by atoms with Crippen molar-refractivity contribution >= 4 is 12.2 Å². The first-order chi connectivity index (χ1) is 13.6. The second-order valence-corrected chi connectivity index (χ2v) is 7.09. The molecule has 1 aliphatic rings. The predicted molar refractivity (Wildman–Crippen MR) is 104 cm³/mol. The number of fused-ring (bicyclic) bond motifs is 1. The topological polar surface area (TPSA) is 53.9 Å². The lowest BCUT2D eigenvalue weighted by atomic mass is 9.99. The molecule has 0 saturated heterocycles.